The van der Waals surface area contributed by atoms with E-state index in [0.717, 1.165) is 0 Å². The first kappa shape index (κ1) is 16.7. The number of amides is 2. The van der Waals surface area contributed by atoms with Gasteiger partial charge in [-0.1, -0.05) is 32.0 Å². The zero-order valence-electron chi connectivity index (χ0n) is 13.0. The highest BCUT2D eigenvalue weighted by atomic mass is 19.1. The second kappa shape index (κ2) is 7.54. The molecule has 0 aliphatic rings. The van der Waals surface area contributed by atoms with Gasteiger partial charge in [-0.15, -0.1) is 0 Å². The van der Waals surface area contributed by atoms with E-state index >= 15 is 0 Å². The van der Waals surface area contributed by atoms with E-state index in [-0.39, 0.29) is 11.8 Å². The van der Waals surface area contributed by atoms with Crippen molar-refractivity contribution in [2.75, 3.05) is 5.32 Å². The summed E-state index contributed by atoms with van der Waals surface area (Å²) in [6.07, 6.45) is 0. The molecule has 1 atom stereocenters. The van der Waals surface area contributed by atoms with Crippen LogP contribution in [0.3, 0.4) is 0 Å². The van der Waals surface area contributed by atoms with Crippen LogP contribution in [0.5, 0.6) is 0 Å². The molecule has 2 rings (SSSR count). The third-order valence-electron chi connectivity index (χ3n) is 3.38. The number of hydrogen-bond acceptors (Lipinski definition) is 2. The van der Waals surface area contributed by atoms with Gasteiger partial charge in [0.05, 0.1) is 0 Å². The largest absolute Gasteiger partial charge is 0.340 e. The lowest BCUT2D eigenvalue weighted by Crippen LogP contribution is -2.47. The fraction of sp³-hybridized carbons (Fsp3) is 0.222. The Labute approximate surface area is 134 Å². The third-order valence-corrected chi connectivity index (χ3v) is 3.38. The topological polar surface area (TPSA) is 58.2 Å². The number of halogens is 1. The van der Waals surface area contributed by atoms with Crippen LogP contribution >= 0.6 is 0 Å². The van der Waals surface area contributed by atoms with Crippen LogP contribution in [-0.4, -0.2) is 17.9 Å². The first-order valence-electron chi connectivity index (χ1n) is 7.39. The number of rotatable bonds is 5. The second-order valence-corrected chi connectivity index (χ2v) is 5.56. The van der Waals surface area contributed by atoms with Crippen molar-refractivity contribution in [1.29, 1.82) is 0 Å². The lowest BCUT2D eigenvalue weighted by molar-refractivity contribution is -0.118. The Balaban J connectivity index is 2.07. The van der Waals surface area contributed by atoms with E-state index < -0.39 is 17.8 Å². The fourth-order valence-corrected chi connectivity index (χ4v) is 2.10. The molecule has 0 spiro atoms. The lowest BCUT2D eigenvalue weighted by Gasteiger charge is -2.21. The van der Waals surface area contributed by atoms with Gasteiger partial charge in [-0.25, -0.2) is 4.39 Å². The summed E-state index contributed by atoms with van der Waals surface area (Å²) < 4.78 is 12.9. The summed E-state index contributed by atoms with van der Waals surface area (Å²) >= 11 is 0. The van der Waals surface area contributed by atoms with Crippen molar-refractivity contribution in [2.24, 2.45) is 5.92 Å². The summed E-state index contributed by atoms with van der Waals surface area (Å²) in [6, 6.07) is 13.5. The normalized spacial score (nSPS) is 11.8. The molecule has 0 radical (unpaired) electrons. The summed E-state index contributed by atoms with van der Waals surface area (Å²) in [5.41, 5.74) is 0.976. The SMILES string of the molecule is CC(C)C(NC(=O)c1ccc(F)cc1)C(=O)Nc1ccccc1. The number of para-hydroxylation sites is 1. The van der Waals surface area contributed by atoms with Crippen molar-refractivity contribution in [3.8, 4) is 0 Å². The Hall–Kier alpha value is -2.69. The van der Waals surface area contributed by atoms with Gasteiger partial charge in [0, 0.05) is 11.3 Å². The summed E-state index contributed by atoms with van der Waals surface area (Å²) in [5.74, 6) is -1.21. The monoisotopic (exact) mass is 314 g/mol. The highest BCUT2D eigenvalue weighted by Gasteiger charge is 2.24. The lowest BCUT2D eigenvalue weighted by atomic mass is 10.0. The number of benzene rings is 2. The van der Waals surface area contributed by atoms with Crippen LogP contribution in [-0.2, 0) is 4.79 Å². The zero-order chi connectivity index (χ0) is 16.8. The minimum absolute atomic E-state index is 0.0943. The Morgan fingerprint density at radius 2 is 1.57 bits per heavy atom. The van der Waals surface area contributed by atoms with Crippen molar-refractivity contribution in [3.05, 3.63) is 66.0 Å². The minimum Gasteiger partial charge on any atom is -0.340 e. The second-order valence-electron chi connectivity index (χ2n) is 5.56. The van der Waals surface area contributed by atoms with E-state index in [2.05, 4.69) is 10.6 Å². The van der Waals surface area contributed by atoms with Gasteiger partial charge in [0.15, 0.2) is 0 Å². The molecule has 2 aromatic carbocycles. The Morgan fingerprint density at radius 3 is 2.13 bits per heavy atom. The molecule has 2 N–H and O–H groups in total. The number of nitrogens with one attached hydrogen (secondary N) is 2. The quantitative estimate of drug-likeness (QED) is 0.890. The van der Waals surface area contributed by atoms with Crippen LogP contribution in [0, 0.1) is 11.7 Å². The van der Waals surface area contributed by atoms with Crippen molar-refractivity contribution < 1.29 is 14.0 Å². The van der Waals surface area contributed by atoms with Crippen LogP contribution < -0.4 is 10.6 Å². The number of hydrogen-bond donors (Lipinski definition) is 2. The summed E-state index contributed by atoms with van der Waals surface area (Å²) in [4.78, 5) is 24.6. The summed E-state index contributed by atoms with van der Waals surface area (Å²) in [7, 11) is 0. The fourth-order valence-electron chi connectivity index (χ4n) is 2.10. The maximum Gasteiger partial charge on any atom is 0.251 e. The van der Waals surface area contributed by atoms with E-state index in [9.17, 15) is 14.0 Å². The number of anilines is 1. The van der Waals surface area contributed by atoms with Crippen LogP contribution in [0.1, 0.15) is 24.2 Å². The van der Waals surface area contributed by atoms with E-state index in [0.29, 0.717) is 11.3 Å². The van der Waals surface area contributed by atoms with E-state index in [4.69, 9.17) is 0 Å². The average molecular weight is 314 g/mol. The number of carbonyl (C=O) groups is 2. The highest BCUT2D eigenvalue weighted by molar-refractivity contribution is 6.01. The van der Waals surface area contributed by atoms with Gasteiger partial charge in [0.1, 0.15) is 11.9 Å². The molecule has 0 bridgehead atoms. The van der Waals surface area contributed by atoms with E-state index in [1.165, 1.54) is 24.3 Å². The number of carbonyl (C=O) groups excluding carboxylic acids is 2. The molecular weight excluding hydrogens is 295 g/mol. The molecule has 2 aromatic rings. The Kier molecular flexibility index (Phi) is 5.46. The van der Waals surface area contributed by atoms with Crippen molar-refractivity contribution in [1.82, 2.24) is 5.32 Å². The smallest absolute Gasteiger partial charge is 0.251 e. The molecule has 0 aliphatic carbocycles. The molecule has 23 heavy (non-hydrogen) atoms. The molecule has 0 fully saturated rings. The van der Waals surface area contributed by atoms with Crippen LogP contribution in [0.4, 0.5) is 10.1 Å². The molecule has 120 valence electrons. The first-order chi connectivity index (χ1) is 11.0. The average Bonchev–Trinajstić information content (AvgIpc) is 2.53. The molecule has 0 saturated heterocycles. The van der Waals surface area contributed by atoms with Gasteiger partial charge in [0.2, 0.25) is 5.91 Å². The van der Waals surface area contributed by atoms with Gasteiger partial charge in [-0.2, -0.15) is 0 Å². The molecule has 0 aromatic heterocycles. The molecular formula is C18H19FN2O2. The highest BCUT2D eigenvalue weighted by Crippen LogP contribution is 2.10. The van der Waals surface area contributed by atoms with E-state index in [1.807, 2.05) is 32.0 Å². The van der Waals surface area contributed by atoms with Crippen molar-refractivity contribution in [2.45, 2.75) is 19.9 Å². The van der Waals surface area contributed by atoms with Gasteiger partial charge in [0.25, 0.3) is 5.91 Å². The third kappa shape index (κ3) is 4.64. The van der Waals surface area contributed by atoms with E-state index in [1.54, 1.807) is 12.1 Å². The predicted molar refractivity (Wildman–Crippen MR) is 87.6 cm³/mol. The summed E-state index contributed by atoms with van der Waals surface area (Å²) in [6.45, 7) is 3.69. The van der Waals surface area contributed by atoms with Gasteiger partial charge in [-0.3, -0.25) is 9.59 Å². The molecule has 5 heteroatoms. The summed E-state index contributed by atoms with van der Waals surface area (Å²) in [5, 5.41) is 5.47. The van der Waals surface area contributed by atoms with Gasteiger partial charge >= 0.3 is 0 Å². The van der Waals surface area contributed by atoms with Crippen molar-refractivity contribution >= 4 is 17.5 Å². The maximum atomic E-state index is 12.9. The van der Waals surface area contributed by atoms with Crippen LogP contribution in [0.15, 0.2) is 54.6 Å². The molecule has 4 nitrogen and oxygen atoms in total. The zero-order valence-corrected chi connectivity index (χ0v) is 13.0. The Morgan fingerprint density at radius 1 is 0.957 bits per heavy atom. The molecule has 0 aliphatic heterocycles. The molecule has 0 saturated carbocycles. The molecule has 0 heterocycles. The van der Waals surface area contributed by atoms with Gasteiger partial charge < -0.3 is 10.6 Å². The maximum absolute atomic E-state index is 12.9. The van der Waals surface area contributed by atoms with Crippen LogP contribution in [0.25, 0.3) is 0 Å². The Bertz CT molecular complexity index is 669. The molecule has 2 amide bonds. The molecule has 1 unspecified atom stereocenters. The van der Waals surface area contributed by atoms with Crippen molar-refractivity contribution in [3.63, 3.8) is 0 Å². The minimum atomic E-state index is -0.687. The predicted octanol–water partition coefficient (Wildman–Crippen LogP) is 3.22. The van der Waals surface area contributed by atoms with Crippen LogP contribution in [0.2, 0.25) is 0 Å². The first-order valence-corrected chi connectivity index (χ1v) is 7.39. The standard InChI is InChI=1S/C18H19FN2O2/c1-12(2)16(18(23)20-15-6-4-3-5-7-15)21-17(22)13-8-10-14(19)11-9-13/h3-12,16H,1-2H3,(H,20,23)(H,21,22). The van der Waals surface area contributed by atoms with Gasteiger partial charge in [-0.05, 0) is 42.3 Å².